The molecule has 1 aliphatic heterocycles. The lowest BCUT2D eigenvalue weighted by Gasteiger charge is -2.31. The first-order valence-corrected chi connectivity index (χ1v) is 11.5. The Morgan fingerprint density at radius 1 is 1.09 bits per heavy atom. The number of hydrogen-bond donors (Lipinski definition) is 2. The van der Waals surface area contributed by atoms with Crippen molar-refractivity contribution >= 4 is 6.03 Å². The van der Waals surface area contributed by atoms with E-state index in [1.165, 1.54) is 11.9 Å². The molecule has 1 unspecified atom stereocenters. The molecular weight excluding hydrogens is 418 g/mol. The van der Waals surface area contributed by atoms with Gasteiger partial charge in [0.2, 0.25) is 0 Å². The van der Waals surface area contributed by atoms with Gasteiger partial charge in [-0.05, 0) is 55.2 Å². The molecular formula is C25H29N5O3. The van der Waals surface area contributed by atoms with Gasteiger partial charge in [0, 0.05) is 12.0 Å². The van der Waals surface area contributed by atoms with Crippen LogP contribution in [0.5, 0.6) is 11.5 Å². The molecule has 2 N–H and O–H groups in total. The highest BCUT2D eigenvalue weighted by Crippen LogP contribution is 2.43. The maximum absolute atomic E-state index is 12.8. The minimum absolute atomic E-state index is 0.0735. The van der Waals surface area contributed by atoms with Gasteiger partial charge in [0.25, 0.3) is 0 Å². The van der Waals surface area contributed by atoms with Crippen molar-refractivity contribution in [3.63, 3.8) is 0 Å². The van der Waals surface area contributed by atoms with Gasteiger partial charge >= 0.3 is 6.03 Å². The molecule has 0 radical (unpaired) electrons. The van der Waals surface area contributed by atoms with E-state index in [-0.39, 0.29) is 17.5 Å². The summed E-state index contributed by atoms with van der Waals surface area (Å²) in [6.07, 6.45) is 7.58. The molecule has 0 bridgehead atoms. The number of carbonyl (C=O) groups is 1. The monoisotopic (exact) mass is 447 g/mol. The van der Waals surface area contributed by atoms with E-state index in [1.54, 1.807) is 11.0 Å². The molecule has 1 saturated carbocycles. The third-order valence-electron chi connectivity index (χ3n) is 6.73. The lowest BCUT2D eigenvalue weighted by Crippen LogP contribution is -2.44. The zero-order chi connectivity index (χ0) is 22.7. The van der Waals surface area contributed by atoms with E-state index >= 15 is 0 Å². The van der Waals surface area contributed by atoms with Gasteiger partial charge in [0.05, 0.1) is 11.7 Å². The van der Waals surface area contributed by atoms with E-state index in [2.05, 4.69) is 32.8 Å². The number of nitrogens with zero attached hydrogens (tertiary/aromatic N) is 3. The molecule has 8 nitrogen and oxygen atoms in total. The predicted molar refractivity (Wildman–Crippen MR) is 124 cm³/mol. The Morgan fingerprint density at radius 2 is 1.85 bits per heavy atom. The third-order valence-corrected chi connectivity index (χ3v) is 6.73. The Hall–Kier alpha value is -3.55. The molecule has 2 heterocycles. The molecule has 2 amide bonds. The number of benzene rings is 2. The van der Waals surface area contributed by atoms with Gasteiger partial charge in [-0.25, -0.2) is 14.5 Å². The normalized spacial score (nSPS) is 17.4. The summed E-state index contributed by atoms with van der Waals surface area (Å²) in [7, 11) is 0. The lowest BCUT2D eigenvalue weighted by atomic mass is 9.78. The van der Waals surface area contributed by atoms with Crippen LogP contribution in [-0.4, -0.2) is 40.6 Å². The van der Waals surface area contributed by atoms with Crippen LogP contribution in [0, 0.1) is 0 Å². The number of carbonyl (C=O) groups excluding carboxylic acids is 1. The second-order valence-electron chi connectivity index (χ2n) is 8.83. The van der Waals surface area contributed by atoms with Crippen molar-refractivity contribution in [1.29, 1.82) is 0 Å². The SMILES string of the molecule is CC(NC(=O)NCC1(c2ccc3c(c2)OCCO3)CCCC1)c1ccc(-n2cncn2)cc1. The second-order valence-corrected chi connectivity index (χ2v) is 8.83. The Labute approximate surface area is 193 Å². The van der Waals surface area contributed by atoms with Gasteiger partial charge in [0.1, 0.15) is 25.9 Å². The van der Waals surface area contributed by atoms with Crippen LogP contribution in [0.15, 0.2) is 55.1 Å². The largest absolute Gasteiger partial charge is 0.486 e. The number of urea groups is 1. The Kier molecular flexibility index (Phi) is 5.90. The molecule has 33 heavy (non-hydrogen) atoms. The summed E-state index contributed by atoms with van der Waals surface area (Å²) < 4.78 is 13.2. The smallest absolute Gasteiger partial charge is 0.315 e. The highest BCUT2D eigenvalue weighted by atomic mass is 16.6. The molecule has 1 atom stereocenters. The van der Waals surface area contributed by atoms with Gasteiger partial charge in [-0.2, -0.15) is 5.10 Å². The predicted octanol–water partition coefficient (Wildman–Crippen LogP) is 3.91. The molecule has 2 aliphatic rings. The maximum Gasteiger partial charge on any atom is 0.315 e. The Morgan fingerprint density at radius 3 is 2.58 bits per heavy atom. The summed E-state index contributed by atoms with van der Waals surface area (Å²) in [5.41, 5.74) is 3.09. The fraction of sp³-hybridized carbons (Fsp3) is 0.400. The van der Waals surface area contributed by atoms with Crippen LogP contribution in [-0.2, 0) is 5.41 Å². The van der Waals surface area contributed by atoms with Crippen LogP contribution in [0.25, 0.3) is 5.69 Å². The number of aromatic nitrogens is 3. The molecule has 1 aromatic heterocycles. The van der Waals surface area contributed by atoms with E-state index in [0.29, 0.717) is 19.8 Å². The van der Waals surface area contributed by atoms with E-state index in [0.717, 1.165) is 48.4 Å². The molecule has 5 rings (SSSR count). The third kappa shape index (κ3) is 4.51. The minimum atomic E-state index is -0.160. The number of ether oxygens (including phenoxy) is 2. The van der Waals surface area contributed by atoms with Crippen molar-refractivity contribution in [2.24, 2.45) is 0 Å². The Balaban J connectivity index is 1.22. The average molecular weight is 448 g/mol. The van der Waals surface area contributed by atoms with Crippen LogP contribution in [0.3, 0.4) is 0 Å². The van der Waals surface area contributed by atoms with Crippen molar-refractivity contribution in [1.82, 2.24) is 25.4 Å². The molecule has 172 valence electrons. The average Bonchev–Trinajstić information content (AvgIpc) is 3.56. The summed E-state index contributed by atoms with van der Waals surface area (Å²) in [4.78, 5) is 16.7. The first-order valence-electron chi connectivity index (χ1n) is 11.5. The first-order chi connectivity index (χ1) is 16.1. The first kappa shape index (κ1) is 21.3. The summed E-state index contributed by atoms with van der Waals surface area (Å²) in [6, 6.07) is 13.9. The second kappa shape index (κ2) is 9.13. The molecule has 0 spiro atoms. The van der Waals surface area contributed by atoms with E-state index in [9.17, 15) is 4.79 Å². The van der Waals surface area contributed by atoms with Gasteiger partial charge in [-0.3, -0.25) is 0 Å². The van der Waals surface area contributed by atoms with Crippen LogP contribution in [0.4, 0.5) is 4.79 Å². The van der Waals surface area contributed by atoms with Crippen molar-refractivity contribution in [2.45, 2.75) is 44.1 Å². The van der Waals surface area contributed by atoms with Crippen LogP contribution >= 0.6 is 0 Å². The molecule has 2 aromatic carbocycles. The van der Waals surface area contributed by atoms with E-state index in [1.807, 2.05) is 37.3 Å². The topological polar surface area (TPSA) is 90.3 Å². The highest BCUT2D eigenvalue weighted by molar-refractivity contribution is 5.74. The number of hydrogen-bond acceptors (Lipinski definition) is 5. The van der Waals surface area contributed by atoms with Gasteiger partial charge in [0.15, 0.2) is 11.5 Å². The molecule has 1 fully saturated rings. The Bertz CT molecular complexity index is 1090. The fourth-order valence-corrected chi connectivity index (χ4v) is 4.83. The molecule has 1 aliphatic carbocycles. The molecule has 0 saturated heterocycles. The van der Waals surface area contributed by atoms with E-state index < -0.39 is 0 Å². The van der Waals surface area contributed by atoms with Gasteiger partial charge in [-0.1, -0.05) is 31.0 Å². The summed E-state index contributed by atoms with van der Waals surface area (Å²) in [5.74, 6) is 1.60. The van der Waals surface area contributed by atoms with Crippen LogP contribution in [0.2, 0.25) is 0 Å². The quantitative estimate of drug-likeness (QED) is 0.598. The number of nitrogens with one attached hydrogen (secondary N) is 2. The number of fused-ring (bicyclic) bond motifs is 1. The molecule has 8 heteroatoms. The lowest BCUT2D eigenvalue weighted by molar-refractivity contribution is 0.171. The summed E-state index contributed by atoms with van der Waals surface area (Å²) in [5, 5.41) is 10.3. The molecule has 3 aromatic rings. The number of amides is 2. The van der Waals surface area contributed by atoms with Crippen molar-refractivity contribution in [2.75, 3.05) is 19.8 Å². The fourth-order valence-electron chi connectivity index (χ4n) is 4.83. The van der Waals surface area contributed by atoms with E-state index in [4.69, 9.17) is 9.47 Å². The van der Waals surface area contributed by atoms with Crippen molar-refractivity contribution in [3.05, 3.63) is 66.2 Å². The zero-order valence-electron chi connectivity index (χ0n) is 18.8. The van der Waals surface area contributed by atoms with Crippen LogP contribution < -0.4 is 20.1 Å². The van der Waals surface area contributed by atoms with Crippen molar-refractivity contribution in [3.8, 4) is 17.2 Å². The summed E-state index contributed by atoms with van der Waals surface area (Å²) >= 11 is 0. The highest BCUT2D eigenvalue weighted by Gasteiger charge is 2.37. The standard InChI is InChI=1S/C25H29N5O3/c1-18(19-4-7-21(8-5-19)30-17-26-16-28-30)29-24(31)27-15-25(10-2-3-11-25)20-6-9-22-23(14-20)33-13-12-32-22/h4-9,14,16-18H,2-3,10-13,15H2,1H3,(H2,27,29,31). The van der Waals surface area contributed by atoms with Gasteiger partial charge < -0.3 is 20.1 Å². The van der Waals surface area contributed by atoms with Crippen LogP contribution in [0.1, 0.15) is 49.8 Å². The maximum atomic E-state index is 12.8. The zero-order valence-corrected chi connectivity index (χ0v) is 18.8. The minimum Gasteiger partial charge on any atom is -0.486 e. The van der Waals surface area contributed by atoms with Gasteiger partial charge in [-0.15, -0.1) is 0 Å². The number of rotatable bonds is 6. The van der Waals surface area contributed by atoms with Crippen molar-refractivity contribution < 1.29 is 14.3 Å². The summed E-state index contributed by atoms with van der Waals surface area (Å²) in [6.45, 7) is 3.73.